The van der Waals surface area contributed by atoms with Gasteiger partial charge in [-0.05, 0) is 161 Å². The molecule has 0 atom stereocenters. The third kappa shape index (κ3) is 4.79. The fourth-order valence-corrected chi connectivity index (χ4v) is 9.35. The van der Waals surface area contributed by atoms with Crippen LogP contribution >= 0.6 is 0 Å². The lowest BCUT2D eigenvalue weighted by Gasteiger charge is -2.59. The monoisotopic (exact) mass is 417 g/mol. The van der Waals surface area contributed by atoms with Crippen LogP contribution in [-0.4, -0.2) is 75.6 Å². The van der Waals surface area contributed by atoms with Crippen molar-refractivity contribution in [1.82, 2.24) is 14.7 Å². The van der Waals surface area contributed by atoms with Crippen LogP contribution in [0.25, 0.3) is 0 Å². The van der Waals surface area contributed by atoms with Crippen LogP contribution in [0, 0.1) is 41.4 Å². The van der Waals surface area contributed by atoms with Gasteiger partial charge in [-0.15, -0.1) is 0 Å². The Hall–Kier alpha value is -0.120. The van der Waals surface area contributed by atoms with E-state index in [1.54, 1.807) is 51.4 Å². The van der Waals surface area contributed by atoms with Crippen LogP contribution in [0.4, 0.5) is 0 Å². The van der Waals surface area contributed by atoms with E-state index < -0.39 is 0 Å². The van der Waals surface area contributed by atoms with E-state index in [9.17, 15) is 0 Å². The van der Waals surface area contributed by atoms with Gasteiger partial charge in [0.1, 0.15) is 0 Å². The van der Waals surface area contributed by atoms with Gasteiger partial charge in [0.2, 0.25) is 0 Å². The number of hydrogen-bond donors (Lipinski definition) is 0. The minimum absolute atomic E-state index is 0.634. The summed E-state index contributed by atoms with van der Waals surface area (Å²) >= 11 is 0. The molecule has 8 saturated carbocycles. The van der Waals surface area contributed by atoms with Crippen molar-refractivity contribution < 1.29 is 0 Å². The summed E-state index contributed by atoms with van der Waals surface area (Å²) in [6.45, 7) is 0. The van der Waals surface area contributed by atoms with Crippen molar-refractivity contribution in [3.63, 3.8) is 0 Å². The van der Waals surface area contributed by atoms with Gasteiger partial charge in [0, 0.05) is 11.6 Å². The van der Waals surface area contributed by atoms with E-state index in [0.717, 1.165) is 47.5 Å². The van der Waals surface area contributed by atoms with Crippen molar-refractivity contribution in [2.24, 2.45) is 41.4 Å². The lowest BCUT2D eigenvalue weighted by atomic mass is 9.52. The average Bonchev–Trinajstić information content (AvgIpc) is 2.59. The Bertz CT molecular complexity index is 500. The molecule has 8 aliphatic rings. The molecule has 0 N–H and O–H groups in total. The van der Waals surface area contributed by atoms with Crippen LogP contribution in [0.2, 0.25) is 0 Å². The first-order valence-corrected chi connectivity index (χ1v) is 13.1. The Labute approximate surface area is 187 Å². The van der Waals surface area contributed by atoms with Gasteiger partial charge < -0.3 is 14.7 Å². The standard InChI is InChI=1S/2C12H21N.C3H9N/c1-13(2)12-6-9-3-10(7-12)5-11(4-9)8-12;1-13(2)12-10-4-8-3-9(6-10)7-11(12)5-8;1-4(2)3/h9-11H,3-8H2,1-2H3;8-12H,3-7H2,1-2H3;1-3H3. The van der Waals surface area contributed by atoms with Crippen LogP contribution in [0.1, 0.15) is 70.6 Å². The van der Waals surface area contributed by atoms with E-state index in [0.29, 0.717) is 5.54 Å². The zero-order valence-corrected chi connectivity index (χ0v) is 21.2. The molecule has 0 aromatic rings. The van der Waals surface area contributed by atoms with E-state index in [1.807, 2.05) is 26.0 Å². The van der Waals surface area contributed by atoms with Crippen molar-refractivity contribution in [2.75, 3.05) is 49.3 Å². The smallest absolute Gasteiger partial charge is 0.0211 e. The Morgan fingerprint density at radius 1 is 0.500 bits per heavy atom. The third-order valence-corrected chi connectivity index (χ3v) is 9.73. The highest BCUT2D eigenvalue weighted by Gasteiger charge is 2.52. The summed E-state index contributed by atoms with van der Waals surface area (Å²) in [6, 6.07) is 0.938. The van der Waals surface area contributed by atoms with Crippen molar-refractivity contribution in [3.8, 4) is 0 Å². The lowest BCUT2D eigenvalue weighted by molar-refractivity contribution is -0.0697. The topological polar surface area (TPSA) is 9.72 Å². The van der Waals surface area contributed by atoms with Crippen LogP contribution in [0.15, 0.2) is 0 Å². The molecule has 0 heterocycles. The van der Waals surface area contributed by atoms with Gasteiger partial charge in [-0.1, -0.05) is 0 Å². The van der Waals surface area contributed by atoms with Gasteiger partial charge in [0.05, 0.1) is 0 Å². The molecule has 8 rings (SSSR count). The second kappa shape index (κ2) is 9.02. The maximum Gasteiger partial charge on any atom is 0.0211 e. The summed E-state index contributed by atoms with van der Waals surface area (Å²) in [7, 11) is 15.2. The minimum Gasteiger partial charge on any atom is -0.312 e. The molecule has 8 fully saturated rings. The first kappa shape index (κ1) is 23.1. The Kier molecular flexibility index (Phi) is 6.93. The molecule has 8 aliphatic carbocycles. The highest BCUT2D eigenvalue weighted by molar-refractivity contribution is 5.06. The molecular formula is C27H51N3. The Morgan fingerprint density at radius 2 is 0.833 bits per heavy atom. The zero-order chi connectivity index (χ0) is 21.6. The van der Waals surface area contributed by atoms with Crippen LogP contribution in [0.5, 0.6) is 0 Å². The highest BCUT2D eigenvalue weighted by atomic mass is 15.2. The summed E-state index contributed by atoms with van der Waals surface area (Å²) in [5.74, 6) is 7.64. The summed E-state index contributed by atoms with van der Waals surface area (Å²) in [5, 5.41) is 0. The summed E-state index contributed by atoms with van der Waals surface area (Å²) < 4.78 is 0. The van der Waals surface area contributed by atoms with Crippen molar-refractivity contribution >= 4 is 0 Å². The van der Waals surface area contributed by atoms with E-state index in [2.05, 4.69) is 38.0 Å². The van der Waals surface area contributed by atoms with Gasteiger partial charge in [0.25, 0.3) is 0 Å². The van der Waals surface area contributed by atoms with E-state index in [-0.39, 0.29) is 0 Å². The van der Waals surface area contributed by atoms with E-state index >= 15 is 0 Å². The molecule has 0 unspecified atom stereocenters. The predicted molar refractivity (Wildman–Crippen MR) is 129 cm³/mol. The molecule has 3 heteroatoms. The van der Waals surface area contributed by atoms with Gasteiger partial charge in [-0.3, -0.25) is 0 Å². The van der Waals surface area contributed by atoms with E-state index in [4.69, 9.17) is 0 Å². The first-order chi connectivity index (χ1) is 14.1. The van der Waals surface area contributed by atoms with Crippen LogP contribution < -0.4 is 0 Å². The Balaban J connectivity index is 0.000000124. The van der Waals surface area contributed by atoms with Crippen molar-refractivity contribution in [2.45, 2.75) is 82.2 Å². The average molecular weight is 418 g/mol. The summed E-state index contributed by atoms with van der Waals surface area (Å²) in [4.78, 5) is 7.05. The maximum absolute atomic E-state index is 2.54. The van der Waals surface area contributed by atoms with Crippen LogP contribution in [-0.2, 0) is 0 Å². The molecule has 0 aliphatic heterocycles. The molecule has 30 heavy (non-hydrogen) atoms. The van der Waals surface area contributed by atoms with Gasteiger partial charge >= 0.3 is 0 Å². The molecule has 0 aromatic heterocycles. The minimum atomic E-state index is 0.634. The SMILES string of the molecule is CN(C)C.CN(C)C12CC3CC(CC(C3)C1)C2.CN(C)C1C2CC3CC(C2)CC1C3. The van der Waals surface area contributed by atoms with Gasteiger partial charge in [0.15, 0.2) is 0 Å². The normalized spacial score (nSPS) is 47.4. The molecule has 174 valence electrons. The second-order valence-electron chi connectivity index (χ2n) is 13.3. The largest absolute Gasteiger partial charge is 0.312 e. The molecule has 0 amide bonds. The van der Waals surface area contributed by atoms with Crippen LogP contribution in [0.3, 0.4) is 0 Å². The molecule has 0 saturated heterocycles. The molecule has 0 radical (unpaired) electrons. The second-order valence-corrected chi connectivity index (χ2v) is 13.3. The first-order valence-electron chi connectivity index (χ1n) is 13.1. The number of rotatable bonds is 2. The quantitative estimate of drug-likeness (QED) is 0.621. The fourth-order valence-electron chi connectivity index (χ4n) is 9.35. The molecule has 0 spiro atoms. The Morgan fingerprint density at radius 3 is 1.13 bits per heavy atom. The number of hydrogen-bond acceptors (Lipinski definition) is 3. The third-order valence-electron chi connectivity index (χ3n) is 9.73. The van der Waals surface area contributed by atoms with Crippen molar-refractivity contribution in [3.05, 3.63) is 0 Å². The fraction of sp³-hybridized carbons (Fsp3) is 1.00. The summed E-state index contributed by atoms with van der Waals surface area (Å²) in [5.41, 5.74) is 0.634. The lowest BCUT2D eigenvalue weighted by Crippen LogP contribution is -2.57. The molecular weight excluding hydrogens is 366 g/mol. The summed E-state index contributed by atoms with van der Waals surface area (Å²) in [6.07, 6.45) is 17.0. The molecule has 0 aromatic carbocycles. The zero-order valence-electron chi connectivity index (χ0n) is 21.2. The van der Waals surface area contributed by atoms with E-state index in [1.165, 1.54) is 19.3 Å². The highest BCUT2D eigenvalue weighted by Crippen LogP contribution is 2.57. The predicted octanol–water partition coefficient (Wildman–Crippen LogP) is 5.07. The van der Waals surface area contributed by atoms with Crippen molar-refractivity contribution in [1.29, 1.82) is 0 Å². The number of nitrogens with zero attached hydrogens (tertiary/aromatic N) is 3. The molecule has 8 bridgehead atoms. The van der Waals surface area contributed by atoms with Gasteiger partial charge in [-0.25, -0.2) is 0 Å². The maximum atomic E-state index is 2.54. The van der Waals surface area contributed by atoms with Gasteiger partial charge in [-0.2, -0.15) is 0 Å². The molecule has 3 nitrogen and oxygen atoms in total.